The van der Waals surface area contributed by atoms with Crippen LogP contribution >= 0.6 is 0 Å². The molecule has 0 bridgehead atoms. The fraction of sp³-hybridized carbons (Fsp3) is 1.00. The van der Waals surface area contributed by atoms with Crippen LogP contribution in [0.15, 0.2) is 0 Å². The second-order valence-electron chi connectivity index (χ2n) is 5.15. The Balaban J connectivity index is 1.66. The van der Waals surface area contributed by atoms with Crippen molar-refractivity contribution in [2.24, 2.45) is 11.8 Å². The van der Waals surface area contributed by atoms with Gasteiger partial charge in [-0.1, -0.05) is 12.8 Å². The van der Waals surface area contributed by atoms with Gasteiger partial charge in [-0.2, -0.15) is 0 Å². The van der Waals surface area contributed by atoms with Crippen LogP contribution in [0.5, 0.6) is 0 Å². The molecule has 2 unspecified atom stereocenters. The molecule has 1 spiro atoms. The molecule has 12 heavy (non-hydrogen) atoms. The first-order valence-electron chi connectivity index (χ1n) is 5.63. The second kappa shape index (κ2) is 2.47. The summed E-state index contributed by atoms with van der Waals surface area (Å²) in [6, 6.07) is 0. The van der Waals surface area contributed by atoms with Gasteiger partial charge in [-0.15, -0.1) is 0 Å². The number of hydrogen-bond donors (Lipinski definition) is 1. The van der Waals surface area contributed by atoms with Gasteiger partial charge in [0.05, 0.1) is 0 Å². The van der Waals surface area contributed by atoms with Gasteiger partial charge in [-0.05, 0) is 50.5 Å². The van der Waals surface area contributed by atoms with Gasteiger partial charge in [0.15, 0.2) is 0 Å². The predicted octanol–water partition coefficient (Wildman–Crippen LogP) is 2.32. The zero-order valence-electron chi connectivity index (χ0n) is 7.81. The average Bonchev–Trinajstić information content (AvgIpc) is 2.84. The minimum atomic E-state index is 0.644. The Morgan fingerprint density at radius 3 is 2.42 bits per heavy atom. The Morgan fingerprint density at radius 1 is 1.00 bits per heavy atom. The van der Waals surface area contributed by atoms with E-state index in [0.29, 0.717) is 5.54 Å². The van der Waals surface area contributed by atoms with E-state index in [1.807, 2.05) is 0 Å². The highest BCUT2D eigenvalue weighted by Gasteiger charge is 2.44. The van der Waals surface area contributed by atoms with E-state index in [4.69, 9.17) is 0 Å². The fourth-order valence-corrected chi connectivity index (χ4v) is 3.24. The largest absolute Gasteiger partial charge is 0.311 e. The van der Waals surface area contributed by atoms with Crippen molar-refractivity contribution in [2.75, 3.05) is 6.54 Å². The minimum absolute atomic E-state index is 0.644. The zero-order chi connectivity index (χ0) is 8.02. The molecular weight excluding hydrogens is 146 g/mol. The molecule has 0 aromatic heterocycles. The maximum Gasteiger partial charge on any atom is 0.0196 e. The summed E-state index contributed by atoms with van der Waals surface area (Å²) in [4.78, 5) is 0. The quantitative estimate of drug-likeness (QED) is 0.628. The molecule has 1 aliphatic heterocycles. The molecule has 3 aliphatic rings. The van der Waals surface area contributed by atoms with E-state index in [0.717, 1.165) is 11.8 Å². The van der Waals surface area contributed by atoms with Gasteiger partial charge in [-0.25, -0.2) is 0 Å². The van der Waals surface area contributed by atoms with Crippen molar-refractivity contribution in [2.45, 2.75) is 50.5 Å². The topological polar surface area (TPSA) is 12.0 Å². The van der Waals surface area contributed by atoms with Crippen molar-refractivity contribution >= 4 is 0 Å². The van der Waals surface area contributed by atoms with Crippen LogP contribution in [-0.4, -0.2) is 12.1 Å². The highest BCUT2D eigenvalue weighted by atomic mass is 15.0. The highest BCUT2D eigenvalue weighted by Crippen LogP contribution is 2.48. The summed E-state index contributed by atoms with van der Waals surface area (Å²) in [5, 5.41) is 3.67. The van der Waals surface area contributed by atoms with E-state index >= 15 is 0 Å². The molecule has 0 aromatic carbocycles. The van der Waals surface area contributed by atoms with E-state index in [-0.39, 0.29) is 0 Å². The summed E-state index contributed by atoms with van der Waals surface area (Å²) < 4.78 is 0. The molecule has 3 rings (SSSR count). The van der Waals surface area contributed by atoms with Gasteiger partial charge >= 0.3 is 0 Å². The molecule has 1 heterocycles. The summed E-state index contributed by atoms with van der Waals surface area (Å²) in [5.41, 5.74) is 0.644. The van der Waals surface area contributed by atoms with Crippen LogP contribution in [0.2, 0.25) is 0 Å². The van der Waals surface area contributed by atoms with Crippen LogP contribution < -0.4 is 5.32 Å². The monoisotopic (exact) mass is 165 g/mol. The summed E-state index contributed by atoms with van der Waals surface area (Å²) in [6.45, 7) is 1.29. The number of nitrogens with one attached hydrogen (secondary N) is 1. The third kappa shape index (κ3) is 1.10. The molecule has 0 radical (unpaired) electrons. The smallest absolute Gasteiger partial charge is 0.0196 e. The molecule has 68 valence electrons. The zero-order valence-corrected chi connectivity index (χ0v) is 7.81. The second-order valence-corrected chi connectivity index (χ2v) is 5.15. The molecule has 0 amide bonds. The Bertz CT molecular complexity index is 179. The Labute approximate surface area is 74.9 Å². The van der Waals surface area contributed by atoms with Crippen LogP contribution in [0.25, 0.3) is 0 Å². The number of rotatable bonds is 1. The summed E-state index contributed by atoms with van der Waals surface area (Å²) in [5.74, 6) is 2.25. The molecule has 2 saturated carbocycles. The summed E-state index contributed by atoms with van der Waals surface area (Å²) >= 11 is 0. The average molecular weight is 165 g/mol. The lowest BCUT2D eigenvalue weighted by Crippen LogP contribution is -2.59. The molecule has 2 atom stereocenters. The Kier molecular flexibility index (Phi) is 1.52. The van der Waals surface area contributed by atoms with Crippen LogP contribution in [0.4, 0.5) is 0 Å². The molecule has 0 aromatic rings. The molecule has 1 heteroatoms. The van der Waals surface area contributed by atoms with Crippen LogP contribution in [-0.2, 0) is 0 Å². The van der Waals surface area contributed by atoms with Crippen molar-refractivity contribution in [1.82, 2.24) is 5.32 Å². The van der Waals surface area contributed by atoms with Crippen LogP contribution in [0.1, 0.15) is 44.9 Å². The minimum Gasteiger partial charge on any atom is -0.311 e. The van der Waals surface area contributed by atoms with Gasteiger partial charge in [0.1, 0.15) is 0 Å². The van der Waals surface area contributed by atoms with Crippen molar-refractivity contribution < 1.29 is 0 Å². The van der Waals surface area contributed by atoms with E-state index in [1.165, 1.54) is 38.6 Å². The van der Waals surface area contributed by atoms with Crippen molar-refractivity contribution in [3.8, 4) is 0 Å². The summed E-state index contributed by atoms with van der Waals surface area (Å²) in [6.07, 6.45) is 10.6. The van der Waals surface area contributed by atoms with Crippen molar-refractivity contribution in [3.63, 3.8) is 0 Å². The summed E-state index contributed by atoms with van der Waals surface area (Å²) in [7, 11) is 0. The lowest BCUT2D eigenvalue weighted by atomic mass is 9.69. The fourth-order valence-electron chi connectivity index (χ4n) is 3.24. The molecule has 1 N–H and O–H groups in total. The van der Waals surface area contributed by atoms with Crippen LogP contribution in [0, 0.1) is 11.8 Å². The maximum absolute atomic E-state index is 3.67. The molecule has 3 fully saturated rings. The van der Waals surface area contributed by atoms with E-state index in [2.05, 4.69) is 5.32 Å². The lowest BCUT2D eigenvalue weighted by Gasteiger charge is -2.49. The molecule has 1 nitrogen and oxygen atoms in total. The predicted molar refractivity (Wildman–Crippen MR) is 50.0 cm³/mol. The number of hydrogen-bond acceptors (Lipinski definition) is 1. The highest BCUT2D eigenvalue weighted by molar-refractivity contribution is 5.02. The molecule has 2 aliphatic carbocycles. The first-order chi connectivity index (χ1) is 5.88. The van der Waals surface area contributed by atoms with Crippen molar-refractivity contribution in [3.05, 3.63) is 0 Å². The SMILES string of the molecule is C1CC(C2CC2)CC2(C1)CCN2. The van der Waals surface area contributed by atoms with E-state index < -0.39 is 0 Å². The molecule has 1 saturated heterocycles. The van der Waals surface area contributed by atoms with Crippen molar-refractivity contribution in [1.29, 1.82) is 0 Å². The third-order valence-electron chi connectivity index (χ3n) is 4.28. The van der Waals surface area contributed by atoms with E-state index in [1.54, 1.807) is 12.8 Å². The first kappa shape index (κ1) is 7.37. The van der Waals surface area contributed by atoms with E-state index in [9.17, 15) is 0 Å². The Morgan fingerprint density at radius 2 is 1.83 bits per heavy atom. The van der Waals surface area contributed by atoms with Gasteiger partial charge in [0.25, 0.3) is 0 Å². The first-order valence-corrected chi connectivity index (χ1v) is 5.63. The van der Waals surface area contributed by atoms with Gasteiger partial charge in [0.2, 0.25) is 0 Å². The standard InChI is InChI=1S/C11H19N/c1-2-10(9-3-4-9)8-11(5-1)6-7-12-11/h9-10,12H,1-8H2. The lowest BCUT2D eigenvalue weighted by molar-refractivity contribution is 0.0992. The molecular formula is C11H19N. The maximum atomic E-state index is 3.67. The third-order valence-corrected chi connectivity index (χ3v) is 4.28. The van der Waals surface area contributed by atoms with Crippen LogP contribution in [0.3, 0.4) is 0 Å². The van der Waals surface area contributed by atoms with Gasteiger partial charge < -0.3 is 5.32 Å². The van der Waals surface area contributed by atoms with Gasteiger partial charge in [0, 0.05) is 5.54 Å². The van der Waals surface area contributed by atoms with Gasteiger partial charge in [-0.3, -0.25) is 0 Å². The normalized spacial score (nSPS) is 47.5. The Hall–Kier alpha value is -0.0400.